The molecule has 1 aliphatic rings. The van der Waals surface area contributed by atoms with Crippen LogP contribution < -0.4 is 33.0 Å². The largest absolute Gasteiger partial charge is 0.443 e. The van der Waals surface area contributed by atoms with Crippen molar-refractivity contribution in [1.29, 1.82) is 0 Å². The average molecular weight is 1430 g/mol. The molecule has 25 heteroatoms. The van der Waals surface area contributed by atoms with Crippen molar-refractivity contribution in [2.75, 3.05) is 16.4 Å². The molecule has 0 fully saturated rings. The van der Waals surface area contributed by atoms with Crippen molar-refractivity contribution in [3.63, 3.8) is 0 Å². The van der Waals surface area contributed by atoms with E-state index in [1.165, 1.54) is 69.8 Å². The number of rotatable bonds is 10. The van der Waals surface area contributed by atoms with Crippen molar-refractivity contribution in [2.45, 2.75) is 118 Å². The Morgan fingerprint density at radius 3 is 1.35 bits per heavy atom. The summed E-state index contributed by atoms with van der Waals surface area (Å²) in [6, 6.07) is 26.0. The van der Waals surface area contributed by atoms with Gasteiger partial charge in [-0.2, -0.15) is 0 Å². The van der Waals surface area contributed by atoms with Gasteiger partial charge in [-0.1, -0.05) is 100 Å². The standard InChI is InChI=1S/C26H26ClFN4O3.C22H19ClFN3O.C14H14ClFN2O.C12H13ClN2O2/c1-14(2)22-21(13-18(24(33)31-22)17-12-15(27)6-7-19(17)28)30-20-8-10-29-23-16(20)9-11-32(23)25(34)35-26(3,4)5;1-12(2)21-20(26-19-8-9-25-18-5-3-4-14(18)19)11-16(22(28)27-21)15-10-13(23)6-7-17(15)24;1-7(2)13-12(17)6-10(14(19)18-13)9-5-8(15)3-4-11(9)16;1-12(2,3)17-11(16)15-7-5-8-9(13)4-6-14-10(8)15/h6-14H,1-5H3,(H,29,30)(H,31,33);3-4,6-12H,5H2,1-2H3,(H,25,26)(H,27,28);3-7H,17H2,1-2H3,(H,18,19);4-7H,1-3H3. The van der Waals surface area contributed by atoms with Gasteiger partial charge in [-0.15, -0.1) is 0 Å². The number of carbonyl (C=O) groups is 2. The first-order valence-electron chi connectivity index (χ1n) is 31.3. The number of pyridine rings is 6. The molecule has 18 nitrogen and oxygen atoms in total. The van der Waals surface area contributed by atoms with Gasteiger partial charge >= 0.3 is 12.2 Å². The first-order chi connectivity index (χ1) is 46.7. The molecule has 0 saturated heterocycles. The van der Waals surface area contributed by atoms with E-state index >= 15 is 0 Å². The van der Waals surface area contributed by atoms with E-state index < -0.39 is 46.4 Å². The van der Waals surface area contributed by atoms with Crippen LogP contribution in [0.15, 0.2) is 155 Å². The summed E-state index contributed by atoms with van der Waals surface area (Å²) in [6.07, 6.45) is 12.0. The predicted octanol–water partition coefficient (Wildman–Crippen LogP) is 19.5. The molecule has 514 valence electrons. The summed E-state index contributed by atoms with van der Waals surface area (Å²) in [4.78, 5) is 83.5. The summed E-state index contributed by atoms with van der Waals surface area (Å²) in [7, 11) is 0. The third kappa shape index (κ3) is 17.5. The van der Waals surface area contributed by atoms with E-state index in [2.05, 4.69) is 46.6 Å². The predicted molar refractivity (Wildman–Crippen MR) is 390 cm³/mol. The zero-order valence-corrected chi connectivity index (χ0v) is 59.1. The molecule has 0 bridgehead atoms. The summed E-state index contributed by atoms with van der Waals surface area (Å²) in [5.74, 6) is -1.43. The molecule has 0 radical (unpaired) electrons. The molecule has 0 atom stereocenters. The van der Waals surface area contributed by atoms with Crippen LogP contribution in [0.2, 0.25) is 20.1 Å². The molecule has 3 aromatic carbocycles. The fraction of sp³-hybridized carbons (Fsp3) is 0.243. The third-order valence-corrected chi connectivity index (χ3v) is 16.2. The molecule has 8 heterocycles. The van der Waals surface area contributed by atoms with Gasteiger partial charge in [-0.25, -0.2) is 41.9 Å². The SMILES string of the molecule is CC(C)(C)OC(=O)n1ccc2c(Cl)ccnc21.CC(C)c1[nH]c(=O)c(-c2cc(Cl)ccc2F)cc1N.CC(C)c1[nH]c(=O)c(-c2cc(Cl)ccc2F)cc1Nc1ccnc2c1C=CC2.CC(C)c1[nH]c(=O)c(-c2cc(Cl)ccc2F)cc1Nc1ccnc2c1ccn2C(=O)OC(C)(C)C. The molecule has 0 spiro atoms. The maximum atomic E-state index is 14.6. The molecule has 99 heavy (non-hydrogen) atoms. The molecular formula is C74H72Cl4F3N11O7. The second kappa shape index (κ2) is 30.5. The molecule has 12 rings (SSSR count). The van der Waals surface area contributed by atoms with E-state index in [9.17, 15) is 37.1 Å². The highest BCUT2D eigenvalue weighted by atomic mass is 35.5. The number of H-pyrrole nitrogens is 3. The van der Waals surface area contributed by atoms with Crippen molar-refractivity contribution in [1.82, 2.24) is 39.0 Å². The van der Waals surface area contributed by atoms with Crippen molar-refractivity contribution < 1.29 is 32.2 Å². The number of allylic oxidation sites excluding steroid dienone is 1. The zero-order valence-electron chi connectivity index (χ0n) is 56.1. The maximum absolute atomic E-state index is 14.6. The number of hydrogen-bond donors (Lipinski definition) is 6. The van der Waals surface area contributed by atoms with E-state index in [4.69, 9.17) is 61.6 Å². The molecule has 0 aliphatic heterocycles. The van der Waals surface area contributed by atoms with Gasteiger partial charge in [0.25, 0.3) is 16.7 Å². The number of aromatic amines is 3. The lowest BCUT2D eigenvalue weighted by molar-refractivity contribution is 0.0532. The number of hydrogen-bond acceptors (Lipinski definition) is 13. The van der Waals surface area contributed by atoms with Gasteiger partial charge in [-0.3, -0.25) is 19.4 Å². The second-order valence-electron chi connectivity index (χ2n) is 25.9. The van der Waals surface area contributed by atoms with Crippen LogP contribution in [0.5, 0.6) is 0 Å². The number of nitrogens with one attached hydrogen (secondary N) is 5. The average Bonchev–Trinajstić information content (AvgIpc) is 1.78. The smallest absolute Gasteiger partial charge is 0.420 e. The van der Waals surface area contributed by atoms with Gasteiger partial charge in [-0.05, 0) is 162 Å². The minimum atomic E-state index is -0.655. The quantitative estimate of drug-likeness (QED) is 0.0746. The maximum Gasteiger partial charge on any atom is 0.420 e. The van der Waals surface area contributed by atoms with E-state index in [1.54, 1.807) is 88.2 Å². The number of anilines is 5. The fourth-order valence-electron chi connectivity index (χ4n) is 10.6. The highest BCUT2D eigenvalue weighted by Gasteiger charge is 2.25. The molecular weight excluding hydrogens is 1350 g/mol. The lowest BCUT2D eigenvalue weighted by Crippen LogP contribution is -2.26. The van der Waals surface area contributed by atoms with Crippen LogP contribution in [0, 0.1) is 17.5 Å². The Morgan fingerprint density at radius 2 is 0.899 bits per heavy atom. The second-order valence-corrected chi connectivity index (χ2v) is 27.6. The summed E-state index contributed by atoms with van der Waals surface area (Å²) in [5.41, 5.74) is 12.8. The Morgan fingerprint density at radius 1 is 0.505 bits per heavy atom. The van der Waals surface area contributed by atoms with Gasteiger partial charge in [0.15, 0.2) is 11.3 Å². The van der Waals surface area contributed by atoms with Gasteiger partial charge in [0, 0.05) is 108 Å². The van der Waals surface area contributed by atoms with Crippen LogP contribution in [0.1, 0.15) is 129 Å². The van der Waals surface area contributed by atoms with Gasteiger partial charge in [0.05, 0.1) is 50.2 Å². The number of carbonyl (C=O) groups excluding carboxylic acids is 2. The Balaban J connectivity index is 0.000000160. The number of ether oxygens (including phenoxy) is 2. The number of nitrogens with zero attached hydrogens (tertiary/aromatic N) is 5. The molecule has 0 unspecified atom stereocenters. The van der Waals surface area contributed by atoms with Crippen molar-refractivity contribution in [2.24, 2.45) is 0 Å². The summed E-state index contributed by atoms with van der Waals surface area (Å²) in [6.45, 7) is 22.5. The Bertz CT molecular complexity index is 5100. The Hall–Kier alpha value is -9.93. The van der Waals surface area contributed by atoms with Crippen LogP contribution in [0.3, 0.4) is 0 Å². The van der Waals surface area contributed by atoms with E-state index in [1.807, 2.05) is 74.5 Å². The first-order valence-corrected chi connectivity index (χ1v) is 32.8. The number of benzene rings is 3. The minimum Gasteiger partial charge on any atom is -0.443 e. The normalized spacial score (nSPS) is 11.8. The minimum absolute atomic E-state index is 0.0350. The topological polar surface area (TPSA) is 250 Å². The summed E-state index contributed by atoms with van der Waals surface area (Å²) < 4.78 is 56.2. The van der Waals surface area contributed by atoms with E-state index in [0.29, 0.717) is 65.2 Å². The monoisotopic (exact) mass is 1420 g/mol. The van der Waals surface area contributed by atoms with Crippen molar-refractivity contribution in [3.05, 3.63) is 237 Å². The number of nitrogen functional groups attached to an aromatic ring is 1. The Labute approximate surface area is 588 Å². The fourth-order valence-corrected chi connectivity index (χ4v) is 11.3. The van der Waals surface area contributed by atoms with Gasteiger partial charge < -0.3 is 40.8 Å². The third-order valence-electron chi connectivity index (χ3n) is 15.1. The molecule has 11 aromatic rings. The number of halogens is 7. The molecule has 1 aliphatic carbocycles. The molecule has 8 aromatic heterocycles. The Kier molecular flexibility index (Phi) is 22.6. The zero-order chi connectivity index (χ0) is 72.1. The van der Waals surface area contributed by atoms with Crippen LogP contribution in [-0.2, 0) is 15.9 Å². The number of fused-ring (bicyclic) bond motifs is 3. The van der Waals surface area contributed by atoms with E-state index in [0.717, 1.165) is 40.1 Å². The highest BCUT2D eigenvalue weighted by molar-refractivity contribution is 6.35. The van der Waals surface area contributed by atoms with Crippen LogP contribution >= 0.6 is 46.4 Å². The lowest BCUT2D eigenvalue weighted by atomic mass is 10.0. The summed E-state index contributed by atoms with van der Waals surface area (Å²) in [5, 5.41) is 9.78. The molecule has 7 N–H and O–H groups in total. The lowest BCUT2D eigenvalue weighted by Gasteiger charge is -2.19. The number of nitrogens with two attached hydrogens (primary N) is 1. The number of aromatic nitrogens is 8. The van der Waals surface area contributed by atoms with Gasteiger partial charge in [0.1, 0.15) is 28.7 Å². The molecule has 0 saturated carbocycles. The molecule has 0 amide bonds. The van der Waals surface area contributed by atoms with Crippen molar-refractivity contribution in [3.8, 4) is 33.4 Å². The van der Waals surface area contributed by atoms with Crippen LogP contribution in [-0.4, -0.2) is 62.4 Å². The van der Waals surface area contributed by atoms with Crippen LogP contribution in [0.25, 0.3) is 61.5 Å². The van der Waals surface area contributed by atoms with E-state index in [-0.39, 0.29) is 62.3 Å². The highest BCUT2D eigenvalue weighted by Crippen LogP contribution is 2.37. The van der Waals surface area contributed by atoms with Crippen molar-refractivity contribution >= 4 is 115 Å². The summed E-state index contributed by atoms with van der Waals surface area (Å²) >= 11 is 23.9. The van der Waals surface area contributed by atoms with Gasteiger partial charge in [0.2, 0.25) is 0 Å². The van der Waals surface area contributed by atoms with Crippen LogP contribution in [0.4, 0.5) is 51.2 Å². The first kappa shape index (κ1) is 73.3.